The van der Waals surface area contributed by atoms with E-state index in [-0.39, 0.29) is 11.4 Å². The molecule has 1 heterocycles. The highest BCUT2D eigenvalue weighted by atomic mass is 16.6. The zero-order chi connectivity index (χ0) is 14.5. The van der Waals surface area contributed by atoms with Crippen molar-refractivity contribution in [2.24, 2.45) is 0 Å². The predicted molar refractivity (Wildman–Crippen MR) is 74.8 cm³/mol. The molecule has 2 rings (SSSR count). The van der Waals surface area contributed by atoms with Gasteiger partial charge in [0.1, 0.15) is 0 Å². The van der Waals surface area contributed by atoms with E-state index in [1.165, 1.54) is 18.2 Å². The third-order valence-corrected chi connectivity index (χ3v) is 3.77. The van der Waals surface area contributed by atoms with E-state index >= 15 is 0 Å². The number of hydrogen-bond acceptors (Lipinski definition) is 5. The van der Waals surface area contributed by atoms with Crippen LogP contribution in [-0.4, -0.2) is 54.5 Å². The van der Waals surface area contributed by atoms with Crippen LogP contribution in [0, 0.1) is 10.1 Å². The van der Waals surface area contributed by atoms with Gasteiger partial charge in [-0.3, -0.25) is 10.1 Å². The van der Waals surface area contributed by atoms with Crippen LogP contribution in [0.4, 0.5) is 5.69 Å². The van der Waals surface area contributed by atoms with Gasteiger partial charge in [0.15, 0.2) is 0 Å². The summed E-state index contributed by atoms with van der Waals surface area (Å²) in [4.78, 5) is 14.9. The molecule has 1 aromatic carbocycles. The minimum atomic E-state index is -0.455. The molecular formula is C14H20N3O3-. The van der Waals surface area contributed by atoms with Gasteiger partial charge in [-0.05, 0) is 32.0 Å². The number of nitrogens with zero attached hydrogens (tertiary/aromatic N) is 3. The lowest BCUT2D eigenvalue weighted by molar-refractivity contribution is -0.385. The second kappa shape index (κ2) is 6.67. The van der Waals surface area contributed by atoms with Gasteiger partial charge in [0.2, 0.25) is 0 Å². The Balaban J connectivity index is 1.84. The van der Waals surface area contributed by atoms with Gasteiger partial charge in [-0.25, -0.2) is 0 Å². The lowest BCUT2D eigenvalue weighted by Crippen LogP contribution is -2.44. The molecule has 1 fully saturated rings. The minimum absolute atomic E-state index is 0.000743. The summed E-state index contributed by atoms with van der Waals surface area (Å²) >= 11 is 0. The summed E-state index contributed by atoms with van der Waals surface area (Å²) < 4.78 is 0. The standard InChI is InChI=1S/C14H21N3O3/c1-15-7-9-16(10-8-15)6-2-3-12-11-13(17(19)20)4-5-14(12)18/h4-5,11,18H,2-3,6-10H2,1H3/p-1. The molecule has 1 aliphatic rings. The van der Waals surface area contributed by atoms with E-state index in [4.69, 9.17) is 0 Å². The predicted octanol–water partition coefficient (Wildman–Crippen LogP) is 0.848. The average Bonchev–Trinajstić information content (AvgIpc) is 2.43. The van der Waals surface area contributed by atoms with Crippen molar-refractivity contribution in [2.75, 3.05) is 39.8 Å². The lowest BCUT2D eigenvalue weighted by Gasteiger charge is -2.32. The Labute approximate surface area is 118 Å². The van der Waals surface area contributed by atoms with Crippen LogP contribution in [0.5, 0.6) is 5.75 Å². The molecule has 0 saturated carbocycles. The van der Waals surface area contributed by atoms with Crippen LogP contribution in [-0.2, 0) is 6.42 Å². The van der Waals surface area contributed by atoms with Gasteiger partial charge < -0.3 is 14.9 Å². The first-order valence-corrected chi connectivity index (χ1v) is 6.91. The summed E-state index contributed by atoms with van der Waals surface area (Å²) in [7, 11) is 2.12. The van der Waals surface area contributed by atoms with E-state index in [1.807, 2.05) is 0 Å². The van der Waals surface area contributed by atoms with Crippen LogP contribution in [0.3, 0.4) is 0 Å². The normalized spacial score (nSPS) is 17.2. The fourth-order valence-corrected chi connectivity index (χ4v) is 2.44. The molecule has 1 saturated heterocycles. The van der Waals surface area contributed by atoms with Gasteiger partial charge in [-0.15, -0.1) is 5.75 Å². The number of nitro groups is 1. The van der Waals surface area contributed by atoms with Crippen LogP contribution >= 0.6 is 0 Å². The molecule has 110 valence electrons. The van der Waals surface area contributed by atoms with Crippen LogP contribution in [0.25, 0.3) is 0 Å². The molecule has 6 heteroatoms. The SMILES string of the molecule is CN1CCN(CCCc2cc([N+](=O)[O-])ccc2[O-])CC1. The average molecular weight is 278 g/mol. The van der Waals surface area contributed by atoms with Crippen LogP contribution in [0.1, 0.15) is 12.0 Å². The van der Waals surface area contributed by atoms with E-state index in [2.05, 4.69) is 16.8 Å². The fourth-order valence-electron chi connectivity index (χ4n) is 2.44. The molecule has 1 aromatic rings. The Hall–Kier alpha value is -1.66. The molecule has 0 N–H and O–H groups in total. The van der Waals surface area contributed by atoms with E-state index < -0.39 is 4.92 Å². The maximum absolute atomic E-state index is 11.7. The van der Waals surface area contributed by atoms with Crippen molar-refractivity contribution in [3.05, 3.63) is 33.9 Å². The van der Waals surface area contributed by atoms with Gasteiger partial charge in [0.05, 0.1) is 4.92 Å². The van der Waals surface area contributed by atoms with E-state index in [0.29, 0.717) is 12.0 Å². The topological polar surface area (TPSA) is 72.7 Å². The number of likely N-dealkylation sites (N-methyl/N-ethyl adjacent to an activating group) is 1. The van der Waals surface area contributed by atoms with Gasteiger partial charge in [-0.1, -0.05) is 6.07 Å². The summed E-state index contributed by atoms with van der Waals surface area (Å²) in [6.07, 6.45) is 1.47. The van der Waals surface area contributed by atoms with Crippen molar-refractivity contribution in [3.63, 3.8) is 0 Å². The van der Waals surface area contributed by atoms with Crippen LogP contribution in [0.2, 0.25) is 0 Å². The Morgan fingerprint density at radius 3 is 2.60 bits per heavy atom. The summed E-state index contributed by atoms with van der Waals surface area (Å²) in [5, 5.41) is 22.4. The van der Waals surface area contributed by atoms with Crippen LogP contribution < -0.4 is 5.11 Å². The lowest BCUT2D eigenvalue weighted by atomic mass is 10.1. The Kier molecular flexibility index (Phi) is 4.92. The highest BCUT2D eigenvalue weighted by Gasteiger charge is 2.13. The van der Waals surface area contributed by atoms with Gasteiger partial charge >= 0.3 is 0 Å². The Morgan fingerprint density at radius 1 is 1.25 bits per heavy atom. The molecule has 6 nitrogen and oxygen atoms in total. The molecule has 0 unspecified atom stereocenters. The van der Waals surface area contributed by atoms with Gasteiger partial charge in [-0.2, -0.15) is 0 Å². The van der Waals surface area contributed by atoms with Crippen molar-refractivity contribution in [1.29, 1.82) is 0 Å². The summed E-state index contributed by atoms with van der Waals surface area (Å²) in [6.45, 7) is 5.19. The number of hydrogen-bond donors (Lipinski definition) is 0. The summed E-state index contributed by atoms with van der Waals surface area (Å²) in [6, 6.07) is 3.97. The molecule has 20 heavy (non-hydrogen) atoms. The highest BCUT2D eigenvalue weighted by molar-refractivity contribution is 5.42. The quantitative estimate of drug-likeness (QED) is 0.589. The third-order valence-electron chi connectivity index (χ3n) is 3.77. The molecule has 0 radical (unpaired) electrons. The summed E-state index contributed by atoms with van der Waals surface area (Å²) in [5.41, 5.74) is 0.549. The second-order valence-electron chi connectivity index (χ2n) is 5.30. The molecule has 0 amide bonds. The molecule has 0 spiro atoms. The highest BCUT2D eigenvalue weighted by Crippen LogP contribution is 2.22. The Morgan fingerprint density at radius 2 is 1.95 bits per heavy atom. The fraction of sp³-hybridized carbons (Fsp3) is 0.571. The molecule has 0 bridgehead atoms. The van der Waals surface area contributed by atoms with Crippen molar-refractivity contribution in [2.45, 2.75) is 12.8 Å². The van der Waals surface area contributed by atoms with Gasteiger partial charge in [0, 0.05) is 38.3 Å². The first-order valence-electron chi connectivity index (χ1n) is 6.91. The third kappa shape index (κ3) is 3.91. The number of non-ortho nitro benzene ring substituents is 1. The molecule has 0 aliphatic carbocycles. The van der Waals surface area contributed by atoms with E-state index in [1.54, 1.807) is 0 Å². The zero-order valence-electron chi connectivity index (χ0n) is 11.7. The molecule has 1 aliphatic heterocycles. The maximum Gasteiger partial charge on any atom is 0.269 e. The number of rotatable bonds is 5. The van der Waals surface area contributed by atoms with E-state index in [0.717, 1.165) is 39.1 Å². The molecular weight excluding hydrogens is 258 g/mol. The molecule has 0 aromatic heterocycles. The van der Waals surface area contributed by atoms with Crippen molar-refractivity contribution >= 4 is 5.69 Å². The van der Waals surface area contributed by atoms with Crippen molar-refractivity contribution in [1.82, 2.24) is 9.80 Å². The smallest absolute Gasteiger partial charge is 0.269 e. The number of piperazine rings is 1. The van der Waals surface area contributed by atoms with Crippen molar-refractivity contribution < 1.29 is 10.0 Å². The van der Waals surface area contributed by atoms with Crippen LogP contribution in [0.15, 0.2) is 18.2 Å². The molecule has 0 atom stereocenters. The largest absolute Gasteiger partial charge is 0.872 e. The minimum Gasteiger partial charge on any atom is -0.872 e. The Bertz CT molecular complexity index is 471. The summed E-state index contributed by atoms with van der Waals surface area (Å²) in [5.74, 6) is -0.103. The first-order chi connectivity index (χ1) is 9.56. The number of nitro benzene ring substituents is 1. The number of aryl methyl sites for hydroxylation is 1. The number of benzene rings is 1. The second-order valence-corrected chi connectivity index (χ2v) is 5.30. The van der Waals surface area contributed by atoms with E-state index in [9.17, 15) is 15.2 Å². The monoisotopic (exact) mass is 278 g/mol. The maximum atomic E-state index is 11.7. The van der Waals surface area contributed by atoms with Gasteiger partial charge in [0.25, 0.3) is 5.69 Å². The van der Waals surface area contributed by atoms with Crippen molar-refractivity contribution in [3.8, 4) is 5.75 Å². The first kappa shape index (κ1) is 14.7. The zero-order valence-corrected chi connectivity index (χ0v) is 11.7.